The first-order valence-electron chi connectivity index (χ1n) is 12.5. The molecule has 0 radical (unpaired) electrons. The minimum Gasteiger partial charge on any atom is -0.403 e. The molecule has 7 heteroatoms. The highest BCUT2D eigenvalue weighted by Gasteiger charge is 2.57. The quantitative estimate of drug-likeness (QED) is 0.581. The van der Waals surface area contributed by atoms with E-state index in [0.717, 1.165) is 49.3 Å². The predicted molar refractivity (Wildman–Crippen MR) is 133 cm³/mol. The number of aromatic nitrogens is 2. The van der Waals surface area contributed by atoms with E-state index in [-0.39, 0.29) is 35.6 Å². The number of nitrogens with one attached hydrogen (secondary N) is 1. The highest BCUT2D eigenvalue weighted by Crippen LogP contribution is 2.49. The zero-order valence-electron chi connectivity index (χ0n) is 21.4. The van der Waals surface area contributed by atoms with E-state index in [4.69, 9.17) is 14.3 Å². The van der Waals surface area contributed by atoms with E-state index in [2.05, 4.69) is 71.7 Å². The molecule has 3 heterocycles. The number of carbonyl (C=O) groups is 1. The van der Waals surface area contributed by atoms with Crippen molar-refractivity contribution in [2.45, 2.75) is 103 Å². The fourth-order valence-electron chi connectivity index (χ4n) is 4.87. The minimum absolute atomic E-state index is 0.0435. The van der Waals surface area contributed by atoms with Crippen molar-refractivity contribution in [2.75, 3.05) is 6.54 Å². The van der Waals surface area contributed by atoms with E-state index >= 15 is 0 Å². The van der Waals surface area contributed by atoms with Gasteiger partial charge in [-0.3, -0.25) is 4.79 Å². The molecule has 0 spiro atoms. The standard InChI is InChI=1S/C26H40BN3O3/c1-18(2)16-22(31)30-15-9-8-10-21(30)23-28-17-20(29-23)19-11-13-26(7,14-12-19)27-32-24(3,4)25(5,6)33-27/h11-13,17-18,21H,8-10,14-16H2,1-7H3,(H,28,29). The molecular weight excluding hydrogens is 413 g/mol. The molecule has 33 heavy (non-hydrogen) atoms. The summed E-state index contributed by atoms with van der Waals surface area (Å²) in [6, 6.07) is 0.0435. The smallest absolute Gasteiger partial charge is 0.403 e. The fourth-order valence-corrected chi connectivity index (χ4v) is 4.87. The topological polar surface area (TPSA) is 67.5 Å². The Morgan fingerprint density at radius 2 is 1.91 bits per heavy atom. The van der Waals surface area contributed by atoms with Crippen LogP contribution in [0.15, 0.2) is 24.4 Å². The second-order valence-electron chi connectivity index (χ2n) is 11.7. The van der Waals surface area contributed by atoms with Crippen LogP contribution in [0.1, 0.15) is 98.1 Å². The van der Waals surface area contributed by atoms with E-state index in [1.165, 1.54) is 0 Å². The van der Waals surface area contributed by atoms with Crippen molar-refractivity contribution in [1.82, 2.24) is 14.9 Å². The van der Waals surface area contributed by atoms with Gasteiger partial charge in [-0.05, 0) is 64.9 Å². The molecule has 0 bridgehead atoms. The lowest BCUT2D eigenvalue weighted by Gasteiger charge is -2.35. The maximum atomic E-state index is 12.8. The molecule has 2 unspecified atom stereocenters. The fraction of sp³-hybridized carbons (Fsp3) is 0.692. The van der Waals surface area contributed by atoms with Crippen LogP contribution in [0.2, 0.25) is 5.31 Å². The Kier molecular flexibility index (Phi) is 6.43. The molecule has 2 saturated heterocycles. The number of rotatable bonds is 5. The highest BCUT2D eigenvalue weighted by molar-refractivity contribution is 6.50. The Balaban J connectivity index is 1.47. The maximum absolute atomic E-state index is 12.8. The molecule has 1 N–H and O–H groups in total. The van der Waals surface area contributed by atoms with Gasteiger partial charge in [0.15, 0.2) is 0 Å². The summed E-state index contributed by atoms with van der Waals surface area (Å²) in [6.07, 6.45) is 13.1. The molecule has 0 saturated carbocycles. The van der Waals surface area contributed by atoms with E-state index in [1.54, 1.807) is 0 Å². The largest absolute Gasteiger partial charge is 0.468 e. The highest BCUT2D eigenvalue weighted by atomic mass is 16.7. The average Bonchev–Trinajstić information content (AvgIpc) is 3.31. The molecule has 2 aliphatic heterocycles. The van der Waals surface area contributed by atoms with Gasteiger partial charge >= 0.3 is 7.12 Å². The van der Waals surface area contributed by atoms with Crippen molar-refractivity contribution >= 4 is 18.6 Å². The van der Waals surface area contributed by atoms with Gasteiger partial charge in [-0.15, -0.1) is 0 Å². The third-order valence-electron chi connectivity index (χ3n) is 7.83. The van der Waals surface area contributed by atoms with Crippen molar-refractivity contribution in [3.8, 4) is 0 Å². The van der Waals surface area contributed by atoms with Crippen LogP contribution in [0.25, 0.3) is 5.57 Å². The Morgan fingerprint density at radius 1 is 1.21 bits per heavy atom. The first kappa shape index (κ1) is 24.3. The van der Waals surface area contributed by atoms with Crippen molar-refractivity contribution in [1.29, 1.82) is 0 Å². The normalized spacial score (nSPS) is 29.0. The summed E-state index contributed by atoms with van der Waals surface area (Å²) < 4.78 is 12.7. The van der Waals surface area contributed by atoms with Crippen LogP contribution < -0.4 is 0 Å². The number of hydrogen-bond acceptors (Lipinski definition) is 4. The number of piperidine rings is 1. The lowest BCUT2D eigenvalue weighted by atomic mass is 9.55. The van der Waals surface area contributed by atoms with Gasteiger partial charge in [0.25, 0.3) is 0 Å². The second-order valence-corrected chi connectivity index (χ2v) is 11.7. The third kappa shape index (κ3) is 4.72. The number of amides is 1. The molecule has 0 aromatic carbocycles. The lowest BCUT2D eigenvalue weighted by molar-refractivity contribution is -0.136. The van der Waals surface area contributed by atoms with Crippen LogP contribution >= 0.6 is 0 Å². The number of nitrogens with zero attached hydrogens (tertiary/aromatic N) is 2. The van der Waals surface area contributed by atoms with Crippen molar-refractivity contribution in [2.24, 2.45) is 5.92 Å². The Hall–Kier alpha value is -1.86. The van der Waals surface area contributed by atoms with Crippen LogP contribution in [0, 0.1) is 5.92 Å². The molecule has 2 fully saturated rings. The summed E-state index contributed by atoms with van der Waals surface area (Å²) in [5.74, 6) is 1.50. The number of carbonyl (C=O) groups excluding carboxylic acids is 1. The Bertz CT molecular complexity index is 932. The summed E-state index contributed by atoms with van der Waals surface area (Å²) in [4.78, 5) is 23.1. The van der Waals surface area contributed by atoms with Gasteiger partial charge in [-0.1, -0.05) is 39.0 Å². The summed E-state index contributed by atoms with van der Waals surface area (Å²) in [5.41, 5.74) is 1.45. The van der Waals surface area contributed by atoms with E-state index < -0.39 is 0 Å². The SMILES string of the molecule is CC(C)CC(=O)N1CCCCC1c1ncc(C2=CCC(C)(B3OC(C)(C)C(C)(C)O3)C=C2)[nH]1. The minimum atomic E-state index is -0.338. The number of aromatic amines is 1. The number of allylic oxidation sites excluding steroid dienone is 4. The van der Waals surface area contributed by atoms with E-state index in [0.29, 0.717) is 12.3 Å². The molecule has 2 atom stereocenters. The molecule has 180 valence electrons. The van der Waals surface area contributed by atoms with Crippen LogP contribution in [-0.4, -0.2) is 45.6 Å². The Morgan fingerprint density at radius 3 is 2.52 bits per heavy atom. The first-order valence-corrected chi connectivity index (χ1v) is 12.5. The van der Waals surface area contributed by atoms with Crippen molar-refractivity contribution < 1.29 is 14.1 Å². The van der Waals surface area contributed by atoms with E-state index in [1.807, 2.05) is 11.1 Å². The molecule has 6 nitrogen and oxygen atoms in total. The van der Waals surface area contributed by atoms with Gasteiger partial charge in [0.05, 0.1) is 29.1 Å². The molecule has 1 amide bonds. The summed E-state index contributed by atoms with van der Waals surface area (Å²) in [5, 5.41) is -0.221. The van der Waals surface area contributed by atoms with Crippen LogP contribution in [-0.2, 0) is 14.1 Å². The van der Waals surface area contributed by atoms with Crippen LogP contribution in [0.4, 0.5) is 0 Å². The monoisotopic (exact) mass is 453 g/mol. The number of imidazole rings is 1. The second kappa shape index (κ2) is 8.73. The van der Waals surface area contributed by atoms with Crippen molar-refractivity contribution in [3.63, 3.8) is 0 Å². The molecule has 1 aromatic heterocycles. The molecule has 4 rings (SSSR count). The van der Waals surface area contributed by atoms with Crippen LogP contribution in [0.5, 0.6) is 0 Å². The summed E-state index contributed by atoms with van der Waals surface area (Å²) in [6.45, 7) is 15.6. The third-order valence-corrected chi connectivity index (χ3v) is 7.83. The first-order chi connectivity index (χ1) is 15.4. The number of likely N-dealkylation sites (tertiary alicyclic amines) is 1. The maximum Gasteiger partial charge on any atom is 0.468 e. The van der Waals surface area contributed by atoms with Gasteiger partial charge in [0.2, 0.25) is 5.91 Å². The zero-order chi connectivity index (χ0) is 24.0. The molecular formula is C26H40BN3O3. The zero-order valence-corrected chi connectivity index (χ0v) is 21.4. The van der Waals surface area contributed by atoms with Gasteiger partial charge < -0.3 is 19.2 Å². The average molecular weight is 453 g/mol. The molecule has 1 aliphatic carbocycles. The summed E-state index contributed by atoms with van der Waals surface area (Å²) >= 11 is 0. The lowest BCUT2D eigenvalue weighted by Crippen LogP contribution is -2.41. The van der Waals surface area contributed by atoms with Gasteiger partial charge in [-0.25, -0.2) is 4.98 Å². The summed E-state index contributed by atoms with van der Waals surface area (Å²) in [7, 11) is -0.281. The van der Waals surface area contributed by atoms with E-state index in [9.17, 15) is 4.79 Å². The Labute approximate surface area is 199 Å². The molecule has 1 aromatic rings. The number of H-pyrrole nitrogens is 1. The van der Waals surface area contributed by atoms with Gasteiger partial charge in [0.1, 0.15) is 5.82 Å². The van der Waals surface area contributed by atoms with Gasteiger partial charge in [-0.2, -0.15) is 0 Å². The number of hydrogen-bond donors (Lipinski definition) is 1. The predicted octanol–water partition coefficient (Wildman–Crippen LogP) is 5.71. The van der Waals surface area contributed by atoms with Crippen LogP contribution in [0.3, 0.4) is 0 Å². The van der Waals surface area contributed by atoms with Gasteiger partial charge in [0, 0.05) is 18.3 Å². The van der Waals surface area contributed by atoms with Crippen molar-refractivity contribution in [3.05, 3.63) is 35.9 Å². The molecule has 3 aliphatic rings.